The van der Waals surface area contributed by atoms with E-state index < -0.39 is 10.0 Å². The number of sulfonamides is 1. The van der Waals surface area contributed by atoms with Gasteiger partial charge in [0.15, 0.2) is 0 Å². The van der Waals surface area contributed by atoms with Crippen LogP contribution >= 0.6 is 11.3 Å². The van der Waals surface area contributed by atoms with Gasteiger partial charge in [-0.2, -0.15) is 0 Å². The standard InChI is InChI=1S/C11H8N2O4S2/c14-19(15,11-2-1-5-18-11)13-10-6-9(12-17-10)8-3-4-16-7-8/h1-7,13H. The lowest BCUT2D eigenvalue weighted by Crippen LogP contribution is -2.10. The van der Waals surface area contributed by atoms with Crippen LogP contribution < -0.4 is 4.72 Å². The summed E-state index contributed by atoms with van der Waals surface area (Å²) >= 11 is 1.13. The molecular weight excluding hydrogens is 288 g/mol. The third-order valence-electron chi connectivity index (χ3n) is 2.32. The molecule has 3 heterocycles. The fraction of sp³-hybridized carbons (Fsp3) is 0. The summed E-state index contributed by atoms with van der Waals surface area (Å²) < 4.78 is 36.3. The van der Waals surface area contributed by atoms with E-state index in [1.165, 1.54) is 24.7 Å². The Kier molecular flexibility index (Phi) is 2.88. The third kappa shape index (κ3) is 2.40. The average molecular weight is 296 g/mol. The Morgan fingerprint density at radius 1 is 1.32 bits per heavy atom. The second kappa shape index (κ2) is 4.56. The molecule has 0 radical (unpaired) electrons. The molecule has 0 unspecified atom stereocenters. The summed E-state index contributed by atoms with van der Waals surface area (Å²) in [6.45, 7) is 0. The van der Waals surface area contributed by atoms with Crippen molar-refractivity contribution in [3.8, 4) is 11.3 Å². The molecule has 3 aromatic rings. The van der Waals surface area contributed by atoms with E-state index in [0.717, 1.165) is 11.3 Å². The number of aromatic nitrogens is 1. The van der Waals surface area contributed by atoms with E-state index in [0.29, 0.717) is 11.3 Å². The maximum absolute atomic E-state index is 12.0. The molecule has 0 aliphatic heterocycles. The molecule has 0 saturated heterocycles. The molecule has 19 heavy (non-hydrogen) atoms. The topological polar surface area (TPSA) is 85.3 Å². The Morgan fingerprint density at radius 2 is 2.21 bits per heavy atom. The minimum Gasteiger partial charge on any atom is -0.472 e. The number of nitrogens with one attached hydrogen (secondary N) is 1. The fourth-order valence-corrected chi connectivity index (χ4v) is 3.43. The fourth-order valence-electron chi connectivity index (χ4n) is 1.47. The lowest BCUT2D eigenvalue weighted by atomic mass is 10.2. The Balaban J connectivity index is 1.85. The van der Waals surface area contributed by atoms with Gasteiger partial charge >= 0.3 is 0 Å². The van der Waals surface area contributed by atoms with E-state index in [1.54, 1.807) is 17.5 Å². The predicted octanol–water partition coefficient (Wildman–Crippen LogP) is 2.80. The normalized spacial score (nSPS) is 11.6. The zero-order valence-corrected chi connectivity index (χ0v) is 11.1. The molecule has 8 heteroatoms. The van der Waals surface area contributed by atoms with Crippen LogP contribution in [0.3, 0.4) is 0 Å². The SMILES string of the molecule is O=S(=O)(Nc1cc(-c2ccoc2)no1)c1cccs1. The first-order valence-corrected chi connectivity index (χ1v) is 7.57. The summed E-state index contributed by atoms with van der Waals surface area (Å²) in [5.41, 5.74) is 1.21. The van der Waals surface area contributed by atoms with Gasteiger partial charge < -0.3 is 8.94 Å². The van der Waals surface area contributed by atoms with Crippen molar-refractivity contribution in [2.75, 3.05) is 4.72 Å². The molecule has 0 atom stereocenters. The van der Waals surface area contributed by atoms with E-state index in [2.05, 4.69) is 9.88 Å². The first kappa shape index (κ1) is 12.0. The van der Waals surface area contributed by atoms with Crippen molar-refractivity contribution in [3.05, 3.63) is 42.2 Å². The van der Waals surface area contributed by atoms with E-state index in [4.69, 9.17) is 8.94 Å². The van der Waals surface area contributed by atoms with Crippen LogP contribution in [0.25, 0.3) is 11.3 Å². The number of thiophene rings is 1. The summed E-state index contributed by atoms with van der Waals surface area (Å²) in [5, 5.41) is 5.45. The molecule has 0 aliphatic rings. The number of anilines is 1. The predicted molar refractivity (Wildman–Crippen MR) is 69.3 cm³/mol. The second-order valence-electron chi connectivity index (χ2n) is 3.63. The van der Waals surface area contributed by atoms with Gasteiger partial charge in [0.05, 0.1) is 12.5 Å². The van der Waals surface area contributed by atoms with Crippen molar-refractivity contribution in [3.63, 3.8) is 0 Å². The molecule has 0 amide bonds. The van der Waals surface area contributed by atoms with Gasteiger partial charge in [-0.1, -0.05) is 11.2 Å². The van der Waals surface area contributed by atoms with Gasteiger partial charge in [-0.25, -0.2) is 13.1 Å². The Bertz CT molecular complexity index is 758. The first-order valence-electron chi connectivity index (χ1n) is 5.21. The first-order chi connectivity index (χ1) is 9.15. The van der Waals surface area contributed by atoms with Crippen molar-refractivity contribution in [2.24, 2.45) is 0 Å². The molecule has 3 rings (SSSR count). The number of hydrogen-bond acceptors (Lipinski definition) is 6. The van der Waals surface area contributed by atoms with Crippen LogP contribution in [0.4, 0.5) is 5.88 Å². The Morgan fingerprint density at radius 3 is 2.89 bits per heavy atom. The van der Waals surface area contributed by atoms with Crippen LogP contribution in [0.5, 0.6) is 0 Å². The third-order valence-corrected chi connectivity index (χ3v) is 5.07. The highest BCUT2D eigenvalue weighted by atomic mass is 32.2. The Hall–Kier alpha value is -2.06. The minimum absolute atomic E-state index is 0.0598. The van der Waals surface area contributed by atoms with Crippen LogP contribution in [0, 0.1) is 0 Å². The van der Waals surface area contributed by atoms with Crippen LogP contribution in [-0.2, 0) is 10.0 Å². The summed E-state index contributed by atoms with van der Waals surface area (Å²) in [6, 6.07) is 6.38. The molecule has 98 valence electrons. The van der Waals surface area contributed by atoms with Crippen LogP contribution in [0.2, 0.25) is 0 Å². The molecule has 3 aromatic heterocycles. The molecule has 6 nitrogen and oxygen atoms in total. The molecule has 0 bridgehead atoms. The van der Waals surface area contributed by atoms with E-state index in [1.807, 2.05) is 0 Å². The summed E-state index contributed by atoms with van der Waals surface area (Å²) in [4.78, 5) is 0. The maximum Gasteiger partial charge on any atom is 0.273 e. The van der Waals surface area contributed by atoms with Crippen LogP contribution in [0.1, 0.15) is 0 Å². The number of hydrogen-bond donors (Lipinski definition) is 1. The molecular formula is C11H8N2O4S2. The van der Waals surface area contributed by atoms with Gasteiger partial charge in [-0.15, -0.1) is 11.3 Å². The molecule has 0 spiro atoms. The molecule has 0 saturated carbocycles. The van der Waals surface area contributed by atoms with Gasteiger partial charge in [-0.05, 0) is 17.5 Å². The highest BCUT2D eigenvalue weighted by Crippen LogP contribution is 2.25. The molecule has 1 N–H and O–H groups in total. The van der Waals surface area contributed by atoms with Crippen molar-refractivity contribution in [1.29, 1.82) is 0 Å². The zero-order chi connectivity index (χ0) is 13.3. The van der Waals surface area contributed by atoms with Crippen LogP contribution in [-0.4, -0.2) is 13.6 Å². The Labute approximate surface area is 112 Å². The largest absolute Gasteiger partial charge is 0.472 e. The van der Waals surface area contributed by atoms with Gasteiger partial charge in [0.2, 0.25) is 5.88 Å². The maximum atomic E-state index is 12.0. The second-order valence-corrected chi connectivity index (χ2v) is 6.48. The molecule has 0 fully saturated rings. The average Bonchev–Trinajstić information content (AvgIpc) is 3.11. The number of furan rings is 1. The van der Waals surface area contributed by atoms with Crippen molar-refractivity contribution in [1.82, 2.24) is 5.16 Å². The van der Waals surface area contributed by atoms with E-state index in [-0.39, 0.29) is 10.1 Å². The molecule has 0 aromatic carbocycles. The van der Waals surface area contributed by atoms with Gasteiger partial charge in [-0.3, -0.25) is 0 Å². The summed E-state index contributed by atoms with van der Waals surface area (Å²) in [6.07, 6.45) is 2.99. The van der Waals surface area contributed by atoms with Gasteiger partial charge in [0.25, 0.3) is 10.0 Å². The smallest absolute Gasteiger partial charge is 0.273 e. The summed E-state index contributed by atoms with van der Waals surface area (Å²) in [5.74, 6) is 0.0598. The van der Waals surface area contributed by atoms with Crippen molar-refractivity contribution < 1.29 is 17.4 Å². The number of rotatable bonds is 4. The van der Waals surface area contributed by atoms with E-state index in [9.17, 15) is 8.42 Å². The monoisotopic (exact) mass is 296 g/mol. The van der Waals surface area contributed by atoms with Crippen molar-refractivity contribution >= 4 is 27.2 Å². The van der Waals surface area contributed by atoms with Crippen LogP contribution in [0.15, 0.2) is 55.3 Å². The lowest BCUT2D eigenvalue weighted by Gasteiger charge is -2.00. The quantitative estimate of drug-likeness (QED) is 0.800. The summed E-state index contributed by atoms with van der Waals surface area (Å²) in [7, 11) is -3.61. The highest BCUT2D eigenvalue weighted by molar-refractivity contribution is 7.94. The highest BCUT2D eigenvalue weighted by Gasteiger charge is 2.18. The van der Waals surface area contributed by atoms with E-state index >= 15 is 0 Å². The van der Waals surface area contributed by atoms with Gasteiger partial charge in [0.1, 0.15) is 9.90 Å². The molecule has 0 aliphatic carbocycles. The number of nitrogens with zero attached hydrogens (tertiary/aromatic N) is 1. The zero-order valence-electron chi connectivity index (χ0n) is 9.44. The van der Waals surface area contributed by atoms with Gasteiger partial charge in [0, 0.05) is 11.6 Å². The van der Waals surface area contributed by atoms with Crippen molar-refractivity contribution in [2.45, 2.75) is 4.21 Å². The minimum atomic E-state index is -3.61. The lowest BCUT2D eigenvalue weighted by molar-refractivity contribution is 0.438.